The maximum atomic E-state index is 12.7. The topological polar surface area (TPSA) is 67.2 Å². The van der Waals surface area contributed by atoms with E-state index in [4.69, 9.17) is 0 Å². The van der Waals surface area contributed by atoms with Crippen LogP contribution in [0.1, 0.15) is 11.1 Å². The van der Waals surface area contributed by atoms with Gasteiger partial charge < -0.3 is 4.90 Å². The van der Waals surface area contributed by atoms with E-state index in [9.17, 15) is 8.42 Å². The van der Waals surface area contributed by atoms with Gasteiger partial charge in [0, 0.05) is 12.6 Å². The summed E-state index contributed by atoms with van der Waals surface area (Å²) >= 11 is 0. The Hall–Kier alpha value is -2.64. The Morgan fingerprint density at radius 3 is 2.31 bits per heavy atom. The van der Waals surface area contributed by atoms with Crippen molar-refractivity contribution in [2.24, 2.45) is 0 Å². The molecule has 3 rings (SSSR count). The van der Waals surface area contributed by atoms with Crippen LogP contribution in [0.4, 0.5) is 5.82 Å². The van der Waals surface area contributed by atoms with Gasteiger partial charge in [-0.05, 0) is 37.4 Å². The van der Waals surface area contributed by atoms with E-state index in [2.05, 4.69) is 9.82 Å². The molecule has 1 heterocycles. The molecule has 0 aliphatic rings. The van der Waals surface area contributed by atoms with Gasteiger partial charge in [0.25, 0.3) is 10.0 Å². The van der Waals surface area contributed by atoms with Crippen molar-refractivity contribution in [2.45, 2.75) is 18.0 Å². The van der Waals surface area contributed by atoms with E-state index in [0.717, 1.165) is 17.7 Å². The van der Waals surface area contributed by atoms with Crippen LogP contribution in [0.5, 0.6) is 0 Å². The molecule has 7 heteroatoms. The Kier molecular flexibility index (Phi) is 5.39. The normalized spacial score (nSPS) is 11.7. The lowest BCUT2D eigenvalue weighted by Gasteiger charge is -2.12. The molecule has 0 saturated heterocycles. The lowest BCUT2D eigenvalue weighted by Crippen LogP contribution is -2.17. The molecule has 0 atom stereocenters. The van der Waals surface area contributed by atoms with Gasteiger partial charge in [0.2, 0.25) is 0 Å². The van der Waals surface area contributed by atoms with Gasteiger partial charge in [-0.25, -0.2) is 13.1 Å². The van der Waals surface area contributed by atoms with Crippen molar-refractivity contribution in [1.82, 2.24) is 14.7 Å². The first-order chi connectivity index (χ1) is 12.4. The summed E-state index contributed by atoms with van der Waals surface area (Å²) < 4.78 is 29.6. The van der Waals surface area contributed by atoms with Gasteiger partial charge in [0.15, 0.2) is 0 Å². The van der Waals surface area contributed by atoms with Crippen LogP contribution in [-0.2, 0) is 23.1 Å². The molecular formula is C19H22N4O2S. The maximum absolute atomic E-state index is 12.7. The summed E-state index contributed by atoms with van der Waals surface area (Å²) in [5, 5.41) is 4.22. The van der Waals surface area contributed by atoms with Gasteiger partial charge in [-0.1, -0.05) is 42.5 Å². The highest BCUT2D eigenvalue weighted by Crippen LogP contribution is 2.18. The number of hydrogen-bond acceptors (Lipinski definition) is 4. The van der Waals surface area contributed by atoms with E-state index < -0.39 is 10.0 Å². The molecule has 0 fully saturated rings. The average molecular weight is 370 g/mol. The number of rotatable bonds is 7. The van der Waals surface area contributed by atoms with Crippen LogP contribution in [0.15, 0.2) is 71.8 Å². The molecule has 3 aromatic rings. The highest BCUT2D eigenvalue weighted by atomic mass is 32.2. The van der Waals surface area contributed by atoms with Gasteiger partial charge in [0.1, 0.15) is 5.82 Å². The summed E-state index contributed by atoms with van der Waals surface area (Å²) in [5.41, 5.74) is 2.10. The lowest BCUT2D eigenvalue weighted by atomic mass is 10.2. The van der Waals surface area contributed by atoms with Crippen LogP contribution in [0, 0.1) is 0 Å². The minimum absolute atomic E-state index is 0.229. The standard InChI is InChI=1S/C19H22N4O2S/c1-22(2)14-17-8-10-18(11-9-17)26(24,25)21-19-12-13-20-23(19)15-16-6-4-3-5-7-16/h3-13,21H,14-15H2,1-2H3. The molecule has 1 N–H and O–H groups in total. The van der Waals surface area contributed by atoms with Gasteiger partial charge in [-0.15, -0.1) is 0 Å². The van der Waals surface area contributed by atoms with Crippen LogP contribution < -0.4 is 4.72 Å². The number of benzene rings is 2. The van der Waals surface area contributed by atoms with Crippen molar-refractivity contribution in [2.75, 3.05) is 18.8 Å². The van der Waals surface area contributed by atoms with Crippen LogP contribution >= 0.6 is 0 Å². The first-order valence-electron chi connectivity index (χ1n) is 8.26. The van der Waals surface area contributed by atoms with E-state index in [1.807, 2.05) is 61.5 Å². The van der Waals surface area contributed by atoms with Crippen molar-refractivity contribution >= 4 is 15.8 Å². The minimum Gasteiger partial charge on any atom is -0.305 e. The van der Waals surface area contributed by atoms with Crippen LogP contribution in [0.25, 0.3) is 0 Å². The first-order valence-corrected chi connectivity index (χ1v) is 9.74. The second-order valence-corrected chi connectivity index (χ2v) is 8.03. The van der Waals surface area contributed by atoms with E-state index in [-0.39, 0.29) is 4.90 Å². The van der Waals surface area contributed by atoms with E-state index in [0.29, 0.717) is 12.4 Å². The fourth-order valence-corrected chi connectivity index (χ4v) is 3.70. The summed E-state index contributed by atoms with van der Waals surface area (Å²) in [5.74, 6) is 0.436. The zero-order chi connectivity index (χ0) is 18.6. The predicted molar refractivity (Wildman–Crippen MR) is 102 cm³/mol. The van der Waals surface area contributed by atoms with E-state index >= 15 is 0 Å². The largest absolute Gasteiger partial charge is 0.305 e. The number of aromatic nitrogens is 2. The van der Waals surface area contributed by atoms with Crippen molar-refractivity contribution in [3.63, 3.8) is 0 Å². The fraction of sp³-hybridized carbons (Fsp3) is 0.211. The van der Waals surface area contributed by atoms with Crippen LogP contribution in [0.2, 0.25) is 0 Å². The highest BCUT2D eigenvalue weighted by molar-refractivity contribution is 7.92. The Bertz CT molecular complexity index is 949. The van der Waals surface area contributed by atoms with Gasteiger partial charge in [-0.2, -0.15) is 5.10 Å². The summed E-state index contributed by atoms with van der Waals surface area (Å²) in [4.78, 5) is 2.26. The van der Waals surface area contributed by atoms with E-state index in [1.54, 1.807) is 29.1 Å². The molecule has 0 aliphatic carbocycles. The molecule has 2 aromatic carbocycles. The van der Waals surface area contributed by atoms with Crippen molar-refractivity contribution < 1.29 is 8.42 Å². The third-order valence-corrected chi connectivity index (χ3v) is 5.23. The minimum atomic E-state index is -3.67. The molecule has 0 amide bonds. The molecule has 136 valence electrons. The Morgan fingerprint density at radius 1 is 0.962 bits per heavy atom. The third kappa shape index (κ3) is 4.50. The van der Waals surface area contributed by atoms with Crippen molar-refractivity contribution in [1.29, 1.82) is 0 Å². The number of anilines is 1. The monoisotopic (exact) mass is 370 g/mol. The Morgan fingerprint density at radius 2 is 1.65 bits per heavy atom. The summed E-state index contributed by atoms with van der Waals surface area (Å²) in [7, 11) is 0.277. The predicted octanol–water partition coefficient (Wildman–Crippen LogP) is 2.79. The summed E-state index contributed by atoms with van der Waals surface area (Å²) in [6.07, 6.45) is 1.58. The van der Waals surface area contributed by atoms with Crippen molar-refractivity contribution in [3.05, 3.63) is 78.0 Å². The van der Waals surface area contributed by atoms with Gasteiger partial charge in [-0.3, -0.25) is 4.72 Å². The van der Waals surface area contributed by atoms with Crippen LogP contribution in [-0.4, -0.2) is 37.2 Å². The average Bonchev–Trinajstić information content (AvgIpc) is 3.02. The van der Waals surface area contributed by atoms with Gasteiger partial charge >= 0.3 is 0 Å². The van der Waals surface area contributed by atoms with Crippen molar-refractivity contribution in [3.8, 4) is 0 Å². The van der Waals surface area contributed by atoms with Crippen LogP contribution in [0.3, 0.4) is 0 Å². The lowest BCUT2D eigenvalue weighted by molar-refractivity contribution is 0.402. The Balaban J connectivity index is 1.77. The molecule has 0 spiro atoms. The molecule has 26 heavy (non-hydrogen) atoms. The maximum Gasteiger partial charge on any atom is 0.263 e. The first kappa shape index (κ1) is 18.2. The molecule has 0 unspecified atom stereocenters. The second kappa shape index (κ2) is 7.72. The highest BCUT2D eigenvalue weighted by Gasteiger charge is 2.16. The number of nitrogens with zero attached hydrogens (tertiary/aromatic N) is 3. The molecule has 0 saturated carbocycles. The number of sulfonamides is 1. The Labute approximate surface area is 154 Å². The molecule has 1 aromatic heterocycles. The quantitative estimate of drug-likeness (QED) is 0.694. The molecule has 6 nitrogen and oxygen atoms in total. The zero-order valence-electron chi connectivity index (χ0n) is 14.8. The second-order valence-electron chi connectivity index (χ2n) is 6.35. The summed E-state index contributed by atoms with van der Waals surface area (Å²) in [6.45, 7) is 1.26. The fourth-order valence-electron chi connectivity index (χ4n) is 2.64. The molecular weight excluding hydrogens is 348 g/mol. The molecule has 0 bridgehead atoms. The van der Waals surface area contributed by atoms with E-state index in [1.165, 1.54) is 0 Å². The molecule has 0 radical (unpaired) electrons. The number of hydrogen-bond donors (Lipinski definition) is 1. The smallest absolute Gasteiger partial charge is 0.263 e. The van der Waals surface area contributed by atoms with Gasteiger partial charge in [0.05, 0.1) is 17.6 Å². The molecule has 0 aliphatic heterocycles. The number of nitrogens with one attached hydrogen (secondary N) is 1. The third-order valence-electron chi connectivity index (χ3n) is 3.86. The summed E-state index contributed by atoms with van der Waals surface area (Å²) in [6, 6.07) is 18.3. The zero-order valence-corrected chi connectivity index (χ0v) is 15.6. The SMILES string of the molecule is CN(C)Cc1ccc(S(=O)(=O)Nc2ccnn2Cc2ccccc2)cc1.